The molecule has 0 spiro atoms. The molecule has 1 nitrogen and oxygen atoms in total. The number of methoxy groups -OCH3 is 1. The van der Waals surface area contributed by atoms with E-state index in [-0.39, 0.29) is 5.41 Å². The first-order valence-electron chi connectivity index (χ1n) is 3.59. The first-order chi connectivity index (χ1) is 4.62. The van der Waals surface area contributed by atoms with Crippen LogP contribution in [0, 0.1) is 17.8 Å². The molecule has 0 saturated heterocycles. The average Bonchev–Trinajstić information content (AvgIpc) is 1.89. The summed E-state index contributed by atoms with van der Waals surface area (Å²) < 4.78 is 4.91. The zero-order valence-corrected chi connectivity index (χ0v) is 7.11. The van der Waals surface area contributed by atoms with Gasteiger partial charge in [-0.3, -0.25) is 0 Å². The van der Waals surface area contributed by atoms with Crippen LogP contribution in [-0.2, 0) is 4.74 Å². The molecule has 58 valence electrons. The number of hydrogen-bond acceptors (Lipinski definition) is 1. The zero-order valence-electron chi connectivity index (χ0n) is 7.11. The van der Waals surface area contributed by atoms with Crippen molar-refractivity contribution in [3.8, 4) is 12.3 Å². The molecule has 0 radical (unpaired) electrons. The van der Waals surface area contributed by atoms with Crippen LogP contribution < -0.4 is 0 Å². The van der Waals surface area contributed by atoms with E-state index in [0.717, 1.165) is 19.4 Å². The van der Waals surface area contributed by atoms with Gasteiger partial charge in [-0.05, 0) is 26.7 Å². The maximum Gasteiger partial charge on any atom is 0.0462 e. The van der Waals surface area contributed by atoms with Gasteiger partial charge in [0.25, 0.3) is 0 Å². The van der Waals surface area contributed by atoms with Gasteiger partial charge in [-0.2, -0.15) is 0 Å². The Hall–Kier alpha value is -0.480. The highest BCUT2D eigenvalue weighted by Crippen LogP contribution is 2.19. The molecule has 0 aliphatic carbocycles. The quantitative estimate of drug-likeness (QED) is 0.429. The van der Waals surface area contributed by atoms with Crippen LogP contribution in [0.5, 0.6) is 0 Å². The summed E-state index contributed by atoms with van der Waals surface area (Å²) in [7, 11) is 1.71. The van der Waals surface area contributed by atoms with Crippen LogP contribution in [0.25, 0.3) is 0 Å². The Morgan fingerprint density at radius 1 is 1.50 bits per heavy atom. The Morgan fingerprint density at radius 2 is 2.10 bits per heavy atom. The number of ether oxygens (including phenoxy) is 1. The van der Waals surface area contributed by atoms with Crippen molar-refractivity contribution in [1.82, 2.24) is 0 Å². The van der Waals surface area contributed by atoms with E-state index in [0.29, 0.717) is 0 Å². The van der Waals surface area contributed by atoms with Crippen molar-refractivity contribution in [3.63, 3.8) is 0 Å². The summed E-state index contributed by atoms with van der Waals surface area (Å²) in [5, 5.41) is 0. The van der Waals surface area contributed by atoms with Crippen molar-refractivity contribution in [3.05, 3.63) is 0 Å². The minimum absolute atomic E-state index is 0.0402. The summed E-state index contributed by atoms with van der Waals surface area (Å²) in [6.07, 6.45) is 7.39. The Morgan fingerprint density at radius 3 is 2.50 bits per heavy atom. The van der Waals surface area contributed by atoms with Gasteiger partial charge >= 0.3 is 0 Å². The van der Waals surface area contributed by atoms with E-state index < -0.39 is 0 Å². The monoisotopic (exact) mass is 140 g/mol. The van der Waals surface area contributed by atoms with Crippen molar-refractivity contribution in [2.24, 2.45) is 5.41 Å². The van der Waals surface area contributed by atoms with Gasteiger partial charge in [0, 0.05) is 19.1 Å². The molecule has 1 heteroatoms. The molecule has 0 amide bonds. The molecule has 0 unspecified atom stereocenters. The standard InChI is InChI=1S/C9H16O/c1-5-9(2,3)7-6-8-10-4/h1H,6-8H2,2-4H3. The van der Waals surface area contributed by atoms with Gasteiger partial charge < -0.3 is 4.74 Å². The molecule has 0 fully saturated rings. The fourth-order valence-electron chi connectivity index (χ4n) is 0.731. The summed E-state index contributed by atoms with van der Waals surface area (Å²) in [5.74, 6) is 2.74. The lowest BCUT2D eigenvalue weighted by Crippen LogP contribution is -2.08. The molecule has 0 rings (SSSR count). The molecule has 0 heterocycles. The summed E-state index contributed by atoms with van der Waals surface area (Å²) in [5.41, 5.74) is 0.0402. The molecular weight excluding hydrogens is 124 g/mol. The smallest absolute Gasteiger partial charge is 0.0462 e. The predicted molar refractivity (Wildman–Crippen MR) is 43.7 cm³/mol. The topological polar surface area (TPSA) is 9.23 Å². The van der Waals surface area contributed by atoms with Crippen molar-refractivity contribution in [2.75, 3.05) is 13.7 Å². The zero-order chi connectivity index (χ0) is 8.04. The van der Waals surface area contributed by atoms with Crippen LogP contribution >= 0.6 is 0 Å². The number of hydrogen-bond donors (Lipinski definition) is 0. The molecule has 10 heavy (non-hydrogen) atoms. The summed E-state index contributed by atoms with van der Waals surface area (Å²) >= 11 is 0. The van der Waals surface area contributed by atoms with E-state index in [1.54, 1.807) is 7.11 Å². The fraction of sp³-hybridized carbons (Fsp3) is 0.778. The van der Waals surface area contributed by atoms with Crippen molar-refractivity contribution in [1.29, 1.82) is 0 Å². The Labute approximate surface area is 63.8 Å². The summed E-state index contributed by atoms with van der Waals surface area (Å²) in [6, 6.07) is 0. The van der Waals surface area contributed by atoms with Gasteiger partial charge in [0.15, 0.2) is 0 Å². The third-order valence-electron chi connectivity index (χ3n) is 1.54. The van der Waals surface area contributed by atoms with E-state index >= 15 is 0 Å². The SMILES string of the molecule is C#CC(C)(C)CCCOC. The van der Waals surface area contributed by atoms with Crippen LogP contribution in [-0.4, -0.2) is 13.7 Å². The van der Waals surface area contributed by atoms with Gasteiger partial charge in [-0.15, -0.1) is 12.3 Å². The lowest BCUT2D eigenvalue weighted by Gasteiger charge is -2.15. The van der Waals surface area contributed by atoms with Crippen molar-refractivity contribution in [2.45, 2.75) is 26.7 Å². The van der Waals surface area contributed by atoms with Crippen molar-refractivity contribution < 1.29 is 4.74 Å². The molecule has 0 saturated carbocycles. The Bertz CT molecular complexity index is 119. The van der Waals surface area contributed by atoms with E-state index in [9.17, 15) is 0 Å². The van der Waals surface area contributed by atoms with Crippen LogP contribution in [0.3, 0.4) is 0 Å². The summed E-state index contributed by atoms with van der Waals surface area (Å²) in [4.78, 5) is 0. The van der Waals surface area contributed by atoms with Crippen molar-refractivity contribution >= 4 is 0 Å². The third-order valence-corrected chi connectivity index (χ3v) is 1.54. The third kappa shape index (κ3) is 4.40. The van der Waals surface area contributed by atoms with Gasteiger partial charge in [-0.25, -0.2) is 0 Å². The minimum atomic E-state index is 0.0402. The molecule has 0 aliphatic rings. The van der Waals surface area contributed by atoms with Crippen LogP contribution in [0.4, 0.5) is 0 Å². The van der Waals surface area contributed by atoms with Crippen LogP contribution in [0.1, 0.15) is 26.7 Å². The highest BCUT2D eigenvalue weighted by Gasteiger charge is 2.12. The Kier molecular flexibility index (Phi) is 4.14. The van der Waals surface area contributed by atoms with Gasteiger partial charge in [-0.1, -0.05) is 0 Å². The molecular formula is C9H16O. The van der Waals surface area contributed by atoms with Gasteiger partial charge in [0.2, 0.25) is 0 Å². The van der Waals surface area contributed by atoms with E-state index in [1.807, 2.05) is 0 Å². The average molecular weight is 140 g/mol. The fourth-order valence-corrected chi connectivity index (χ4v) is 0.731. The Balaban J connectivity index is 3.40. The van der Waals surface area contributed by atoms with E-state index in [2.05, 4.69) is 19.8 Å². The normalized spacial score (nSPS) is 11.0. The number of rotatable bonds is 4. The van der Waals surface area contributed by atoms with Crippen LogP contribution in [0.15, 0.2) is 0 Å². The second kappa shape index (κ2) is 4.35. The maximum atomic E-state index is 5.30. The first-order valence-corrected chi connectivity index (χ1v) is 3.59. The molecule has 0 atom stereocenters. The molecule has 0 N–H and O–H groups in total. The molecule has 0 aliphatic heterocycles. The molecule has 0 aromatic carbocycles. The second-order valence-corrected chi connectivity index (χ2v) is 3.12. The predicted octanol–water partition coefficient (Wildman–Crippen LogP) is 2.07. The maximum absolute atomic E-state index is 5.30. The highest BCUT2D eigenvalue weighted by molar-refractivity contribution is 4.99. The molecule has 0 bridgehead atoms. The largest absolute Gasteiger partial charge is 0.385 e. The van der Waals surface area contributed by atoms with E-state index in [4.69, 9.17) is 11.2 Å². The van der Waals surface area contributed by atoms with Gasteiger partial charge in [0.05, 0.1) is 0 Å². The van der Waals surface area contributed by atoms with Gasteiger partial charge in [0.1, 0.15) is 0 Å². The highest BCUT2D eigenvalue weighted by atomic mass is 16.5. The summed E-state index contributed by atoms with van der Waals surface area (Å²) in [6.45, 7) is 4.95. The first kappa shape index (κ1) is 9.52. The van der Waals surface area contributed by atoms with E-state index in [1.165, 1.54) is 0 Å². The number of terminal acetylenes is 1. The van der Waals surface area contributed by atoms with Crippen LogP contribution in [0.2, 0.25) is 0 Å². The molecule has 0 aromatic rings. The second-order valence-electron chi connectivity index (χ2n) is 3.12. The lowest BCUT2D eigenvalue weighted by atomic mass is 9.89. The molecule has 0 aromatic heterocycles. The minimum Gasteiger partial charge on any atom is -0.385 e. The lowest BCUT2D eigenvalue weighted by molar-refractivity contribution is 0.184.